The maximum atomic E-state index is 11.7. The van der Waals surface area contributed by atoms with Gasteiger partial charge >= 0.3 is 11.0 Å². The van der Waals surface area contributed by atoms with Crippen molar-refractivity contribution in [2.45, 2.75) is 19.3 Å². The van der Waals surface area contributed by atoms with Crippen molar-refractivity contribution in [1.82, 2.24) is 9.88 Å². The van der Waals surface area contributed by atoms with E-state index in [1.165, 1.54) is 11.0 Å². The maximum absolute atomic E-state index is 11.7. The number of carboxylic acid groups (broad SMARTS) is 1. The average molecular weight is 495 g/mol. The van der Waals surface area contributed by atoms with Crippen molar-refractivity contribution in [2.75, 3.05) is 25.0 Å². The highest BCUT2D eigenvalue weighted by atomic mass is 79.9. The first-order valence-corrected chi connectivity index (χ1v) is 11.5. The maximum Gasteiger partial charge on any atom is 0.407 e. The lowest BCUT2D eigenvalue weighted by Gasteiger charge is -2.19. The third-order valence-electron chi connectivity index (χ3n) is 4.68. The monoisotopic (exact) mass is 494 g/mol. The molecule has 2 aromatic carbocycles. The molecule has 0 saturated carbocycles. The van der Waals surface area contributed by atoms with E-state index in [9.17, 15) is 19.8 Å². The zero-order valence-corrected chi connectivity index (χ0v) is 18.7. The van der Waals surface area contributed by atoms with Crippen LogP contribution in [-0.4, -0.2) is 51.2 Å². The third-order valence-corrected chi connectivity index (χ3v) is 6.19. The van der Waals surface area contributed by atoms with Crippen LogP contribution in [0.25, 0.3) is 10.2 Å². The summed E-state index contributed by atoms with van der Waals surface area (Å²) in [5.74, 6) is 0.796. The van der Waals surface area contributed by atoms with Crippen LogP contribution in [0.1, 0.15) is 17.5 Å². The Morgan fingerprint density at radius 2 is 2.00 bits per heavy atom. The molecule has 0 saturated heterocycles. The Labute approximate surface area is 186 Å². The summed E-state index contributed by atoms with van der Waals surface area (Å²) < 4.78 is 6.36. The van der Waals surface area contributed by atoms with Gasteiger partial charge in [0.15, 0.2) is 0 Å². The number of hydrogen-bond acceptors (Lipinski definition) is 5. The summed E-state index contributed by atoms with van der Waals surface area (Å²) in [6.07, 6.45) is 0.950. The third kappa shape index (κ3) is 5.76. The number of ether oxygens (including phenoxy) is 1. The molecule has 0 aliphatic rings. The minimum atomic E-state index is -0.989. The lowest BCUT2D eigenvalue weighted by atomic mass is 10.1. The van der Waals surface area contributed by atoms with Crippen molar-refractivity contribution in [3.05, 3.63) is 57.2 Å². The number of H-pyrrole nitrogens is 1. The van der Waals surface area contributed by atoms with Crippen molar-refractivity contribution in [1.29, 1.82) is 0 Å². The average Bonchev–Trinajstić information content (AvgIpc) is 3.12. The highest BCUT2D eigenvalue weighted by Gasteiger charge is 2.15. The SMILES string of the molecule is O=C(O)N(CCc1cccc(OCCCBr)c1)CCc1ccc(O)c2[nH]c(=O)sc12. The van der Waals surface area contributed by atoms with Crippen LogP contribution >= 0.6 is 27.3 Å². The van der Waals surface area contributed by atoms with E-state index in [1.807, 2.05) is 24.3 Å². The number of hydrogen-bond donors (Lipinski definition) is 3. The Balaban J connectivity index is 1.62. The Morgan fingerprint density at radius 1 is 1.20 bits per heavy atom. The predicted molar refractivity (Wildman–Crippen MR) is 121 cm³/mol. The lowest BCUT2D eigenvalue weighted by molar-refractivity contribution is 0.146. The number of amides is 1. The van der Waals surface area contributed by atoms with Crippen molar-refractivity contribution in [3.63, 3.8) is 0 Å². The molecule has 1 heterocycles. The molecule has 9 heteroatoms. The van der Waals surface area contributed by atoms with Gasteiger partial charge in [0.25, 0.3) is 0 Å². The zero-order valence-electron chi connectivity index (χ0n) is 16.3. The van der Waals surface area contributed by atoms with Crippen LogP contribution in [0, 0.1) is 0 Å². The number of aromatic amines is 1. The van der Waals surface area contributed by atoms with Gasteiger partial charge in [0, 0.05) is 18.4 Å². The summed E-state index contributed by atoms with van der Waals surface area (Å²) in [6.45, 7) is 1.27. The Bertz CT molecular complexity index is 1060. The van der Waals surface area contributed by atoms with E-state index in [0.29, 0.717) is 42.8 Å². The van der Waals surface area contributed by atoms with Gasteiger partial charge in [-0.3, -0.25) is 4.79 Å². The fourth-order valence-corrected chi connectivity index (χ4v) is 4.25. The molecule has 1 aromatic heterocycles. The number of phenols is 1. The molecule has 0 atom stereocenters. The molecule has 7 nitrogen and oxygen atoms in total. The fourth-order valence-electron chi connectivity index (χ4n) is 3.13. The normalized spacial score (nSPS) is 11.0. The summed E-state index contributed by atoms with van der Waals surface area (Å²) in [5, 5.41) is 20.4. The molecule has 3 rings (SSSR count). The highest BCUT2D eigenvalue weighted by Crippen LogP contribution is 2.28. The molecule has 0 aliphatic heterocycles. The Hall–Kier alpha value is -2.52. The fraction of sp³-hybridized carbons (Fsp3) is 0.333. The molecule has 0 aliphatic carbocycles. The van der Waals surface area contributed by atoms with Crippen LogP contribution < -0.4 is 9.61 Å². The first-order valence-electron chi connectivity index (χ1n) is 9.57. The van der Waals surface area contributed by atoms with Gasteiger partial charge in [-0.05, 0) is 48.6 Å². The van der Waals surface area contributed by atoms with Gasteiger partial charge in [0.1, 0.15) is 17.0 Å². The summed E-state index contributed by atoms with van der Waals surface area (Å²) in [4.78, 5) is 27.1. The van der Waals surface area contributed by atoms with Crippen LogP contribution in [0.5, 0.6) is 11.5 Å². The molecule has 160 valence electrons. The largest absolute Gasteiger partial charge is 0.506 e. The highest BCUT2D eigenvalue weighted by molar-refractivity contribution is 9.09. The van der Waals surface area contributed by atoms with E-state index in [0.717, 1.165) is 40.0 Å². The molecule has 3 N–H and O–H groups in total. The smallest absolute Gasteiger partial charge is 0.407 e. The minimum absolute atomic E-state index is 0.0143. The van der Waals surface area contributed by atoms with E-state index in [4.69, 9.17) is 4.74 Å². The number of nitrogens with one attached hydrogen (secondary N) is 1. The van der Waals surface area contributed by atoms with Crippen molar-refractivity contribution < 1.29 is 19.7 Å². The lowest BCUT2D eigenvalue weighted by Crippen LogP contribution is -2.33. The van der Waals surface area contributed by atoms with Crippen LogP contribution in [0.15, 0.2) is 41.2 Å². The second kappa shape index (κ2) is 10.5. The molecule has 30 heavy (non-hydrogen) atoms. The molecule has 0 bridgehead atoms. The van der Waals surface area contributed by atoms with Gasteiger partial charge in [0.05, 0.1) is 11.3 Å². The molecule has 0 spiro atoms. The van der Waals surface area contributed by atoms with Gasteiger partial charge < -0.3 is 24.8 Å². The number of aromatic hydroxyl groups is 1. The number of carbonyl (C=O) groups is 1. The molecule has 0 radical (unpaired) electrons. The summed E-state index contributed by atoms with van der Waals surface area (Å²) >= 11 is 4.39. The van der Waals surface area contributed by atoms with Crippen LogP contribution in [0.4, 0.5) is 4.79 Å². The van der Waals surface area contributed by atoms with E-state index < -0.39 is 6.09 Å². The summed E-state index contributed by atoms with van der Waals surface area (Å²) in [5.41, 5.74) is 2.24. The summed E-state index contributed by atoms with van der Waals surface area (Å²) in [7, 11) is 0. The van der Waals surface area contributed by atoms with E-state index >= 15 is 0 Å². The Morgan fingerprint density at radius 3 is 2.77 bits per heavy atom. The standard InChI is InChI=1S/C21H23BrN2O5S/c22-9-2-12-29-16-4-1-3-14(13-16)7-10-24(21(27)28)11-8-15-5-6-17(25)18-19(15)30-20(26)23-18/h1,3-6,13,25H,2,7-12H2,(H,23,26)(H,27,28). The number of aromatic nitrogens is 1. The van der Waals surface area contributed by atoms with E-state index in [1.54, 1.807) is 6.07 Å². The number of halogens is 1. The molecular weight excluding hydrogens is 472 g/mol. The predicted octanol–water partition coefficient (Wildman–Crippen LogP) is 4.22. The first kappa shape index (κ1) is 22.2. The zero-order chi connectivity index (χ0) is 21.5. The van der Waals surface area contributed by atoms with Gasteiger partial charge in [0.2, 0.25) is 0 Å². The number of phenolic OH excluding ortho intramolecular Hbond substituents is 1. The van der Waals surface area contributed by atoms with Gasteiger partial charge in [-0.2, -0.15) is 0 Å². The van der Waals surface area contributed by atoms with Crippen molar-refractivity contribution in [3.8, 4) is 11.5 Å². The number of benzene rings is 2. The van der Waals surface area contributed by atoms with Gasteiger partial charge in [-0.25, -0.2) is 4.79 Å². The second-order valence-corrected chi connectivity index (χ2v) is 8.55. The molecule has 0 unspecified atom stereocenters. The number of thiazole rings is 1. The molecular formula is C21H23BrN2O5S. The van der Waals surface area contributed by atoms with E-state index in [-0.39, 0.29) is 10.6 Å². The number of rotatable bonds is 10. The van der Waals surface area contributed by atoms with Crippen LogP contribution in [0.3, 0.4) is 0 Å². The topological polar surface area (TPSA) is 103 Å². The van der Waals surface area contributed by atoms with Gasteiger partial charge in [-0.15, -0.1) is 0 Å². The van der Waals surface area contributed by atoms with Crippen molar-refractivity contribution in [2.24, 2.45) is 0 Å². The minimum Gasteiger partial charge on any atom is -0.506 e. The molecule has 3 aromatic rings. The van der Waals surface area contributed by atoms with Crippen LogP contribution in [0.2, 0.25) is 0 Å². The number of nitrogens with zero attached hydrogens (tertiary/aromatic N) is 1. The number of alkyl halides is 1. The second-order valence-electron chi connectivity index (χ2n) is 6.77. The Kier molecular flexibility index (Phi) is 7.75. The molecule has 1 amide bonds. The number of fused-ring (bicyclic) bond motifs is 1. The molecule has 0 fully saturated rings. The van der Waals surface area contributed by atoms with Crippen molar-refractivity contribution >= 4 is 43.6 Å². The van der Waals surface area contributed by atoms with Crippen LogP contribution in [-0.2, 0) is 12.8 Å². The quantitative estimate of drug-likeness (QED) is 0.289. The van der Waals surface area contributed by atoms with Gasteiger partial charge in [-0.1, -0.05) is 45.5 Å². The first-order chi connectivity index (χ1) is 14.5. The summed E-state index contributed by atoms with van der Waals surface area (Å²) in [6, 6.07) is 10.9. The van der Waals surface area contributed by atoms with E-state index in [2.05, 4.69) is 20.9 Å².